The van der Waals surface area contributed by atoms with Crippen LogP contribution in [0.1, 0.15) is 239 Å². The molecule has 6 nitrogen and oxygen atoms in total. The van der Waals surface area contributed by atoms with Crippen LogP contribution < -0.4 is 0 Å². The topological polar surface area (TPSA) is 78.9 Å². The number of hydrogen-bond donors (Lipinski definition) is 0. The fourth-order valence-corrected chi connectivity index (χ4v) is 6.67. The highest BCUT2D eigenvalue weighted by molar-refractivity contribution is 5.71. The van der Waals surface area contributed by atoms with Gasteiger partial charge in [-0.3, -0.25) is 14.4 Å². The molecule has 0 heterocycles. The lowest BCUT2D eigenvalue weighted by Crippen LogP contribution is -2.30. The first kappa shape index (κ1) is 54.4. The fraction of sp³-hybridized carbons (Fsp3) is 0.784. The van der Waals surface area contributed by atoms with Crippen molar-refractivity contribution in [3.8, 4) is 0 Å². The second-order valence-electron chi connectivity index (χ2n) is 16.0. The maximum atomic E-state index is 12.7. The van der Waals surface area contributed by atoms with Crippen LogP contribution in [0.25, 0.3) is 0 Å². The largest absolute Gasteiger partial charge is 0.462 e. The Kier molecular flexibility index (Phi) is 43.9. The van der Waals surface area contributed by atoms with Crippen molar-refractivity contribution in [2.24, 2.45) is 0 Å². The number of carbonyl (C=O) groups is 3. The van der Waals surface area contributed by atoms with E-state index in [1.165, 1.54) is 89.9 Å². The van der Waals surface area contributed by atoms with Gasteiger partial charge in [0, 0.05) is 19.3 Å². The molecule has 1 unspecified atom stereocenters. The summed E-state index contributed by atoms with van der Waals surface area (Å²) in [6.45, 7) is 6.46. The van der Waals surface area contributed by atoms with Crippen LogP contribution in [0.5, 0.6) is 0 Å². The highest BCUT2D eigenvalue weighted by Crippen LogP contribution is 2.15. The van der Waals surface area contributed by atoms with Gasteiger partial charge in [0.05, 0.1) is 0 Å². The minimum Gasteiger partial charge on any atom is -0.462 e. The van der Waals surface area contributed by atoms with Crippen molar-refractivity contribution >= 4 is 17.9 Å². The molecule has 0 aromatic carbocycles. The average molecular weight is 799 g/mol. The smallest absolute Gasteiger partial charge is 0.306 e. The van der Waals surface area contributed by atoms with Gasteiger partial charge in [-0.15, -0.1) is 0 Å². The summed E-state index contributed by atoms with van der Waals surface area (Å²) < 4.78 is 16.7. The van der Waals surface area contributed by atoms with Crippen LogP contribution in [-0.4, -0.2) is 37.2 Å². The number of rotatable bonds is 43. The lowest BCUT2D eigenvalue weighted by molar-refractivity contribution is -0.167. The van der Waals surface area contributed by atoms with E-state index in [1.807, 2.05) is 0 Å². The van der Waals surface area contributed by atoms with E-state index in [1.54, 1.807) is 0 Å². The van der Waals surface area contributed by atoms with E-state index < -0.39 is 6.10 Å². The van der Waals surface area contributed by atoms with Crippen molar-refractivity contribution in [1.29, 1.82) is 0 Å². The number of ether oxygens (including phenoxy) is 3. The van der Waals surface area contributed by atoms with Gasteiger partial charge >= 0.3 is 17.9 Å². The van der Waals surface area contributed by atoms with Crippen LogP contribution in [-0.2, 0) is 28.6 Å². The van der Waals surface area contributed by atoms with E-state index in [0.717, 1.165) is 109 Å². The molecule has 0 amide bonds. The summed E-state index contributed by atoms with van der Waals surface area (Å²) in [6.07, 6.45) is 53.8. The summed E-state index contributed by atoms with van der Waals surface area (Å²) in [7, 11) is 0. The molecular weight excluding hydrogens is 709 g/mol. The Morgan fingerprint density at radius 3 is 1.14 bits per heavy atom. The van der Waals surface area contributed by atoms with Gasteiger partial charge in [-0.1, -0.05) is 198 Å². The van der Waals surface area contributed by atoms with Crippen molar-refractivity contribution in [2.45, 2.75) is 245 Å². The first-order chi connectivity index (χ1) is 28.0. The third kappa shape index (κ3) is 44.3. The standard InChI is InChI=1S/C51H90O6/c1-4-7-10-13-16-19-22-24-26-28-29-32-35-38-41-44-50(53)56-47-48(46-55-49(52)43-40-37-34-31-21-18-15-12-9-6-3)57-51(54)45-42-39-36-33-30-27-25-23-20-17-14-11-8-5-2/h8,11,15,17-18,20,25,27,48H,4-7,9-10,12-14,16,19,21-24,26,28-47H2,1-3H3/b11-8-,18-15-,20-17-,27-25-. The Balaban J connectivity index is 4.38. The van der Waals surface area contributed by atoms with Crippen LogP contribution in [0.15, 0.2) is 48.6 Å². The highest BCUT2D eigenvalue weighted by Gasteiger charge is 2.19. The summed E-state index contributed by atoms with van der Waals surface area (Å²) in [5.74, 6) is -0.918. The molecule has 0 saturated heterocycles. The number of carbonyl (C=O) groups excluding carboxylic acids is 3. The maximum Gasteiger partial charge on any atom is 0.306 e. The Morgan fingerprint density at radius 1 is 0.368 bits per heavy atom. The Labute approximate surface area is 352 Å². The molecule has 0 bridgehead atoms. The molecule has 0 saturated carbocycles. The van der Waals surface area contributed by atoms with Crippen LogP contribution in [0.3, 0.4) is 0 Å². The van der Waals surface area contributed by atoms with Crippen LogP contribution in [0.4, 0.5) is 0 Å². The van der Waals surface area contributed by atoms with Gasteiger partial charge in [-0.05, 0) is 70.6 Å². The summed E-state index contributed by atoms with van der Waals surface area (Å²) in [6, 6.07) is 0. The van der Waals surface area contributed by atoms with Gasteiger partial charge in [0.2, 0.25) is 0 Å². The molecule has 1 atom stereocenters. The fourth-order valence-electron chi connectivity index (χ4n) is 6.67. The van der Waals surface area contributed by atoms with Crippen molar-refractivity contribution in [1.82, 2.24) is 0 Å². The zero-order valence-electron chi connectivity index (χ0n) is 37.6. The van der Waals surface area contributed by atoms with E-state index in [4.69, 9.17) is 14.2 Å². The van der Waals surface area contributed by atoms with E-state index >= 15 is 0 Å². The maximum absolute atomic E-state index is 12.7. The van der Waals surface area contributed by atoms with Crippen molar-refractivity contribution in [3.63, 3.8) is 0 Å². The predicted octanol–water partition coefficient (Wildman–Crippen LogP) is 15.5. The zero-order chi connectivity index (χ0) is 41.5. The summed E-state index contributed by atoms with van der Waals surface area (Å²) >= 11 is 0. The lowest BCUT2D eigenvalue weighted by atomic mass is 10.0. The second-order valence-corrected chi connectivity index (χ2v) is 16.0. The molecule has 0 aliphatic rings. The van der Waals surface area contributed by atoms with E-state index in [9.17, 15) is 14.4 Å². The van der Waals surface area contributed by atoms with Crippen molar-refractivity contribution in [2.75, 3.05) is 13.2 Å². The second kappa shape index (κ2) is 46.1. The summed E-state index contributed by atoms with van der Waals surface area (Å²) in [5.41, 5.74) is 0. The number of allylic oxidation sites excluding steroid dienone is 8. The molecule has 6 heteroatoms. The first-order valence-electron chi connectivity index (χ1n) is 24.1. The number of hydrogen-bond acceptors (Lipinski definition) is 6. The molecule has 0 radical (unpaired) electrons. The Morgan fingerprint density at radius 2 is 0.702 bits per heavy atom. The van der Waals surface area contributed by atoms with E-state index in [2.05, 4.69) is 69.4 Å². The predicted molar refractivity (Wildman–Crippen MR) is 242 cm³/mol. The molecule has 0 aromatic heterocycles. The monoisotopic (exact) mass is 799 g/mol. The minimum atomic E-state index is -0.784. The van der Waals surface area contributed by atoms with Gasteiger partial charge in [0.1, 0.15) is 13.2 Å². The van der Waals surface area contributed by atoms with Crippen LogP contribution in [0, 0.1) is 0 Å². The third-order valence-corrected chi connectivity index (χ3v) is 10.3. The van der Waals surface area contributed by atoms with E-state index in [-0.39, 0.29) is 31.1 Å². The molecule has 0 fully saturated rings. The quantitative estimate of drug-likeness (QED) is 0.0265. The Bertz CT molecular complexity index is 1010. The van der Waals surface area contributed by atoms with Gasteiger partial charge in [0.15, 0.2) is 6.10 Å². The first-order valence-corrected chi connectivity index (χ1v) is 24.1. The zero-order valence-corrected chi connectivity index (χ0v) is 37.6. The van der Waals surface area contributed by atoms with Gasteiger partial charge in [-0.2, -0.15) is 0 Å². The van der Waals surface area contributed by atoms with Gasteiger partial charge < -0.3 is 14.2 Å². The highest BCUT2D eigenvalue weighted by atomic mass is 16.6. The van der Waals surface area contributed by atoms with Gasteiger partial charge in [-0.25, -0.2) is 0 Å². The molecule has 0 rings (SSSR count). The molecule has 0 N–H and O–H groups in total. The van der Waals surface area contributed by atoms with E-state index in [0.29, 0.717) is 19.3 Å². The minimum absolute atomic E-state index is 0.0840. The molecule has 0 aromatic rings. The molecule has 0 aliphatic carbocycles. The molecule has 57 heavy (non-hydrogen) atoms. The third-order valence-electron chi connectivity index (χ3n) is 10.3. The van der Waals surface area contributed by atoms with Crippen LogP contribution in [0.2, 0.25) is 0 Å². The molecule has 0 aliphatic heterocycles. The molecule has 330 valence electrons. The number of unbranched alkanes of at least 4 members (excludes halogenated alkanes) is 24. The summed E-state index contributed by atoms with van der Waals surface area (Å²) in [4.78, 5) is 37.8. The summed E-state index contributed by atoms with van der Waals surface area (Å²) in [5, 5.41) is 0. The van der Waals surface area contributed by atoms with Crippen LogP contribution >= 0.6 is 0 Å². The van der Waals surface area contributed by atoms with Crippen molar-refractivity contribution < 1.29 is 28.6 Å². The Hall–Kier alpha value is -2.63. The average Bonchev–Trinajstić information content (AvgIpc) is 3.21. The SMILES string of the molecule is CC/C=C\C/C=C\C/C=C\CCCCCCC(=O)OC(COC(=O)CCCCCC/C=C\CCCC)COC(=O)CCCCCCCCCCCCCCCCC. The normalized spacial score (nSPS) is 12.4. The van der Waals surface area contributed by atoms with Gasteiger partial charge in [0.25, 0.3) is 0 Å². The molecule has 0 spiro atoms. The number of esters is 3. The van der Waals surface area contributed by atoms with Crippen molar-refractivity contribution in [3.05, 3.63) is 48.6 Å². The lowest BCUT2D eigenvalue weighted by Gasteiger charge is -2.18. The molecular formula is C51H90O6.